The molecule has 0 bridgehead atoms. The van der Waals surface area contributed by atoms with E-state index in [-0.39, 0.29) is 34.5 Å². The van der Waals surface area contributed by atoms with Crippen molar-refractivity contribution in [3.63, 3.8) is 0 Å². The van der Waals surface area contributed by atoms with Gasteiger partial charge in [-0.2, -0.15) is 14.8 Å². The smallest absolute Gasteiger partial charge is 0.343 e. The number of rotatable bonds is 10. The first-order valence-corrected chi connectivity index (χ1v) is 9.39. The van der Waals surface area contributed by atoms with Gasteiger partial charge in [-0.15, -0.1) is 6.58 Å². The van der Waals surface area contributed by atoms with Crippen molar-refractivity contribution in [1.29, 1.82) is 0 Å². The summed E-state index contributed by atoms with van der Waals surface area (Å²) in [5, 5.41) is 0. The molecule has 0 amide bonds. The van der Waals surface area contributed by atoms with Crippen LogP contribution in [0.3, 0.4) is 0 Å². The first-order valence-electron chi connectivity index (χ1n) is 7.95. The molecule has 126 valence electrons. The minimum atomic E-state index is -4.00. The second kappa shape index (κ2) is 16.7. The van der Waals surface area contributed by atoms with Crippen LogP contribution < -0.4 is 29.6 Å². The molecular formula is C18H29NaO3S. The Morgan fingerprint density at radius 1 is 0.957 bits per heavy atom. The van der Waals surface area contributed by atoms with Crippen molar-refractivity contribution in [3.05, 3.63) is 49.9 Å². The number of hydrogen-bond acceptors (Lipinski definition) is 2. The normalized spacial score (nSPS) is 10.2. The zero-order valence-electron chi connectivity index (χ0n) is 14.4. The number of hydrogen-bond donors (Lipinski definition) is 1. The van der Waals surface area contributed by atoms with E-state index in [2.05, 4.69) is 13.5 Å². The van der Waals surface area contributed by atoms with Gasteiger partial charge < -0.3 is 6.92 Å². The first-order chi connectivity index (χ1) is 10.5. The van der Waals surface area contributed by atoms with Crippen molar-refractivity contribution in [3.8, 4) is 0 Å². The monoisotopic (exact) mass is 348 g/mol. The summed E-state index contributed by atoms with van der Waals surface area (Å²) < 4.78 is 29.2. The SMILES string of the molecule is C=CCCCCCCCCC[CH2-].O=S(=O)(O)c1ccccc1.[Na+]. The van der Waals surface area contributed by atoms with Gasteiger partial charge in [-0.1, -0.05) is 62.8 Å². The molecule has 1 N–H and O–H groups in total. The van der Waals surface area contributed by atoms with Gasteiger partial charge in [-0.05, 0) is 25.0 Å². The van der Waals surface area contributed by atoms with Crippen LogP contribution in [-0.4, -0.2) is 13.0 Å². The molecule has 0 heterocycles. The van der Waals surface area contributed by atoms with E-state index in [1.165, 1.54) is 63.5 Å². The first kappa shape index (κ1) is 25.1. The Balaban J connectivity index is 0. The molecule has 0 spiro atoms. The number of unbranched alkanes of at least 4 members (excludes halogenated alkanes) is 8. The zero-order valence-corrected chi connectivity index (χ0v) is 17.2. The second-order valence-corrected chi connectivity index (χ2v) is 6.62. The standard InChI is InChI=1S/C12H23.C6H6O3S.Na/c1-3-5-7-9-11-12-10-8-6-4-2;7-10(8,9)6-4-2-1-3-5-6;/h3H,1-2,4-12H2;1-5H,(H,7,8,9);/q-1;;+1. The fraction of sp³-hybridized carbons (Fsp3) is 0.500. The summed E-state index contributed by atoms with van der Waals surface area (Å²) in [5.41, 5.74) is 0. The molecule has 0 saturated heterocycles. The maximum absolute atomic E-state index is 10.4. The summed E-state index contributed by atoms with van der Waals surface area (Å²) in [6.45, 7) is 7.54. The number of allylic oxidation sites excluding steroid dienone is 1. The van der Waals surface area contributed by atoms with Crippen LogP contribution in [-0.2, 0) is 10.1 Å². The second-order valence-electron chi connectivity index (χ2n) is 5.19. The number of benzene rings is 1. The Labute approximate surface area is 164 Å². The summed E-state index contributed by atoms with van der Waals surface area (Å²) in [5.74, 6) is 0. The van der Waals surface area contributed by atoms with Gasteiger partial charge in [0.2, 0.25) is 0 Å². The Morgan fingerprint density at radius 2 is 1.43 bits per heavy atom. The molecule has 0 unspecified atom stereocenters. The van der Waals surface area contributed by atoms with E-state index in [1.54, 1.807) is 18.2 Å². The Morgan fingerprint density at radius 3 is 1.83 bits per heavy atom. The van der Waals surface area contributed by atoms with Gasteiger partial charge in [0, 0.05) is 0 Å². The molecule has 1 aromatic carbocycles. The average Bonchev–Trinajstić information content (AvgIpc) is 2.51. The van der Waals surface area contributed by atoms with E-state index < -0.39 is 10.1 Å². The molecule has 0 atom stereocenters. The van der Waals surface area contributed by atoms with Crippen LogP contribution >= 0.6 is 0 Å². The van der Waals surface area contributed by atoms with Gasteiger partial charge in [0.1, 0.15) is 0 Å². The van der Waals surface area contributed by atoms with Gasteiger partial charge in [-0.3, -0.25) is 4.55 Å². The minimum absolute atomic E-state index is 0. The third-order valence-electron chi connectivity index (χ3n) is 3.20. The van der Waals surface area contributed by atoms with Crippen molar-refractivity contribution in [2.24, 2.45) is 0 Å². The average molecular weight is 348 g/mol. The van der Waals surface area contributed by atoms with E-state index in [0.717, 1.165) is 6.42 Å². The van der Waals surface area contributed by atoms with Crippen LogP contribution in [0.15, 0.2) is 47.9 Å². The fourth-order valence-electron chi connectivity index (χ4n) is 1.94. The van der Waals surface area contributed by atoms with Gasteiger partial charge in [0.05, 0.1) is 4.90 Å². The van der Waals surface area contributed by atoms with Crippen molar-refractivity contribution in [1.82, 2.24) is 0 Å². The van der Waals surface area contributed by atoms with Crippen LogP contribution in [0, 0.1) is 6.92 Å². The Kier molecular flexibility index (Phi) is 18.3. The summed E-state index contributed by atoms with van der Waals surface area (Å²) in [4.78, 5) is -0.0741. The molecule has 0 aliphatic heterocycles. The van der Waals surface area contributed by atoms with E-state index in [9.17, 15) is 8.42 Å². The molecule has 0 saturated carbocycles. The molecule has 1 rings (SSSR count). The van der Waals surface area contributed by atoms with E-state index in [4.69, 9.17) is 4.55 Å². The maximum atomic E-state index is 10.4. The summed E-state index contributed by atoms with van der Waals surface area (Å²) >= 11 is 0. The topological polar surface area (TPSA) is 54.4 Å². The molecule has 1 aromatic rings. The molecule has 0 aliphatic carbocycles. The van der Waals surface area contributed by atoms with E-state index in [0.29, 0.717) is 0 Å². The van der Waals surface area contributed by atoms with Crippen molar-refractivity contribution < 1.29 is 42.5 Å². The molecule has 5 heteroatoms. The third kappa shape index (κ3) is 16.5. The van der Waals surface area contributed by atoms with Gasteiger partial charge in [0.15, 0.2) is 0 Å². The molecule has 0 aromatic heterocycles. The molecule has 0 radical (unpaired) electrons. The predicted molar refractivity (Wildman–Crippen MR) is 93.4 cm³/mol. The molecular weight excluding hydrogens is 319 g/mol. The van der Waals surface area contributed by atoms with E-state index >= 15 is 0 Å². The van der Waals surface area contributed by atoms with Gasteiger partial charge >= 0.3 is 29.6 Å². The van der Waals surface area contributed by atoms with Gasteiger partial charge in [0.25, 0.3) is 10.1 Å². The molecule has 0 fully saturated rings. The van der Waals surface area contributed by atoms with Crippen molar-refractivity contribution in [2.45, 2.75) is 62.7 Å². The van der Waals surface area contributed by atoms with Crippen molar-refractivity contribution >= 4 is 10.1 Å². The van der Waals surface area contributed by atoms with Crippen LogP contribution in [0.25, 0.3) is 0 Å². The van der Waals surface area contributed by atoms with Crippen LogP contribution in [0.1, 0.15) is 57.8 Å². The quantitative estimate of drug-likeness (QED) is 0.232. The maximum Gasteiger partial charge on any atom is 1.00 e. The van der Waals surface area contributed by atoms with Crippen molar-refractivity contribution in [2.75, 3.05) is 0 Å². The third-order valence-corrected chi connectivity index (χ3v) is 4.07. The van der Waals surface area contributed by atoms with Crippen LogP contribution in [0.5, 0.6) is 0 Å². The minimum Gasteiger partial charge on any atom is -0.343 e. The van der Waals surface area contributed by atoms with Crippen LogP contribution in [0.4, 0.5) is 0 Å². The van der Waals surface area contributed by atoms with E-state index in [1.807, 2.05) is 6.08 Å². The largest absolute Gasteiger partial charge is 1.00 e. The molecule has 23 heavy (non-hydrogen) atoms. The predicted octanol–water partition coefficient (Wildman–Crippen LogP) is 2.45. The molecule has 0 aliphatic rings. The summed E-state index contributed by atoms with van der Waals surface area (Å²) in [7, 11) is -4.00. The zero-order chi connectivity index (χ0) is 16.7. The summed E-state index contributed by atoms with van der Waals surface area (Å²) in [6.07, 6.45) is 14.0. The van der Waals surface area contributed by atoms with Gasteiger partial charge in [-0.25, -0.2) is 0 Å². The Hall–Kier alpha value is -0.130. The summed E-state index contributed by atoms with van der Waals surface area (Å²) in [6, 6.07) is 7.42. The molecule has 3 nitrogen and oxygen atoms in total. The Bertz CT molecular complexity index is 472. The van der Waals surface area contributed by atoms with Crippen LogP contribution in [0.2, 0.25) is 0 Å². The fourth-order valence-corrected chi connectivity index (χ4v) is 2.44.